The summed E-state index contributed by atoms with van der Waals surface area (Å²) < 4.78 is 4.79. The van der Waals surface area contributed by atoms with E-state index in [1.165, 1.54) is 24.3 Å². The molecule has 0 aliphatic rings. The van der Waals surface area contributed by atoms with E-state index in [9.17, 15) is 19.7 Å². The van der Waals surface area contributed by atoms with Gasteiger partial charge in [0.25, 0.3) is 11.6 Å². The number of carbonyl (C=O) groups is 2. The average molecular weight is 405 g/mol. The van der Waals surface area contributed by atoms with Crippen molar-refractivity contribution in [3.05, 3.63) is 61.3 Å². The van der Waals surface area contributed by atoms with Crippen LogP contribution < -0.4 is 5.32 Å². The molecule has 0 bridgehead atoms. The Bertz CT molecular complexity index is 842. The lowest BCUT2D eigenvalue weighted by molar-refractivity contribution is -0.384. The first kappa shape index (κ1) is 18.9. The predicted octanol–water partition coefficient (Wildman–Crippen LogP) is 3.75. The second-order valence-corrected chi connectivity index (χ2v) is 5.67. The van der Waals surface area contributed by atoms with Gasteiger partial charge in [-0.2, -0.15) is 0 Å². The summed E-state index contributed by atoms with van der Waals surface area (Å²) in [5.74, 6) is -1.61. The number of benzene rings is 1. The number of nitrogens with zero attached hydrogens (tertiary/aromatic N) is 2. The van der Waals surface area contributed by atoms with Crippen molar-refractivity contribution in [3.8, 4) is 0 Å². The maximum Gasteiger partial charge on any atom is 0.359 e. The summed E-state index contributed by atoms with van der Waals surface area (Å²) >= 11 is 17.3. The highest BCUT2D eigenvalue weighted by Gasteiger charge is 2.19. The number of ether oxygens (including phenoxy) is 1. The normalized spacial score (nSPS) is 10.2. The van der Waals surface area contributed by atoms with Gasteiger partial charge in [-0.1, -0.05) is 34.8 Å². The van der Waals surface area contributed by atoms with Gasteiger partial charge >= 0.3 is 5.97 Å². The number of hydrogen-bond donors (Lipinski definition) is 1. The Morgan fingerprint density at radius 1 is 1.16 bits per heavy atom. The van der Waals surface area contributed by atoms with Crippen LogP contribution in [0.1, 0.15) is 10.5 Å². The molecule has 25 heavy (non-hydrogen) atoms. The van der Waals surface area contributed by atoms with Crippen LogP contribution in [0, 0.1) is 10.1 Å². The van der Waals surface area contributed by atoms with E-state index in [1.807, 2.05) is 0 Å². The van der Waals surface area contributed by atoms with Crippen molar-refractivity contribution in [1.82, 2.24) is 4.98 Å². The summed E-state index contributed by atoms with van der Waals surface area (Å²) in [6, 6.07) is 5.13. The number of pyridine rings is 1. The number of esters is 1. The quantitative estimate of drug-likeness (QED) is 0.461. The molecule has 130 valence electrons. The summed E-state index contributed by atoms with van der Waals surface area (Å²) in [5.41, 5.74) is -0.0960. The number of nitro groups is 1. The molecule has 11 heteroatoms. The van der Waals surface area contributed by atoms with Gasteiger partial charge in [-0.15, -0.1) is 0 Å². The molecule has 2 aromatic rings. The fraction of sp³-hybridized carbons (Fsp3) is 0.0714. The zero-order valence-electron chi connectivity index (χ0n) is 12.2. The van der Waals surface area contributed by atoms with Gasteiger partial charge in [0.15, 0.2) is 12.3 Å². The number of non-ortho nitro benzene ring substituents is 1. The summed E-state index contributed by atoms with van der Waals surface area (Å²) in [5, 5.41) is 12.8. The van der Waals surface area contributed by atoms with Crippen LogP contribution in [0.3, 0.4) is 0 Å². The smallest absolute Gasteiger partial charge is 0.359 e. The molecule has 0 radical (unpaired) electrons. The molecule has 2 rings (SSSR count). The first-order chi connectivity index (χ1) is 11.8. The highest BCUT2D eigenvalue weighted by molar-refractivity contribution is 6.48. The lowest BCUT2D eigenvalue weighted by atomic mass is 10.3. The third-order valence-corrected chi connectivity index (χ3v) is 4.05. The number of rotatable bonds is 5. The van der Waals surface area contributed by atoms with Gasteiger partial charge in [0.05, 0.1) is 20.0 Å². The van der Waals surface area contributed by atoms with E-state index in [0.717, 1.165) is 6.20 Å². The van der Waals surface area contributed by atoms with Crippen LogP contribution in [0.2, 0.25) is 15.1 Å². The minimum Gasteiger partial charge on any atom is -0.451 e. The second-order valence-electron chi connectivity index (χ2n) is 4.51. The van der Waals surface area contributed by atoms with Crippen molar-refractivity contribution in [2.24, 2.45) is 0 Å². The summed E-state index contributed by atoms with van der Waals surface area (Å²) in [4.78, 5) is 37.3. The molecule has 0 aliphatic carbocycles. The summed E-state index contributed by atoms with van der Waals surface area (Å²) in [7, 11) is 0. The molecule has 1 amide bonds. The average Bonchev–Trinajstić information content (AvgIpc) is 2.58. The Morgan fingerprint density at radius 2 is 1.80 bits per heavy atom. The van der Waals surface area contributed by atoms with Crippen molar-refractivity contribution >= 4 is 58.1 Å². The second kappa shape index (κ2) is 8.11. The van der Waals surface area contributed by atoms with Gasteiger partial charge in [-0.25, -0.2) is 9.78 Å². The fourth-order valence-corrected chi connectivity index (χ4v) is 2.21. The van der Waals surface area contributed by atoms with E-state index in [1.54, 1.807) is 0 Å². The molecule has 8 nitrogen and oxygen atoms in total. The highest BCUT2D eigenvalue weighted by Crippen LogP contribution is 2.31. The Morgan fingerprint density at radius 3 is 2.40 bits per heavy atom. The van der Waals surface area contributed by atoms with Gasteiger partial charge in [-0.3, -0.25) is 14.9 Å². The number of nitrogens with one attached hydrogen (secondary N) is 1. The number of hydrogen-bond acceptors (Lipinski definition) is 6. The van der Waals surface area contributed by atoms with Gasteiger partial charge < -0.3 is 10.1 Å². The van der Waals surface area contributed by atoms with Crippen LogP contribution in [-0.4, -0.2) is 28.4 Å². The number of amides is 1. The van der Waals surface area contributed by atoms with Crippen LogP contribution in [0.4, 0.5) is 11.4 Å². The van der Waals surface area contributed by atoms with E-state index < -0.39 is 23.4 Å². The van der Waals surface area contributed by atoms with E-state index >= 15 is 0 Å². The van der Waals surface area contributed by atoms with Crippen LogP contribution in [-0.2, 0) is 9.53 Å². The predicted molar refractivity (Wildman–Crippen MR) is 91.3 cm³/mol. The molecule has 1 N–H and O–H groups in total. The van der Waals surface area contributed by atoms with Crippen LogP contribution in [0.5, 0.6) is 0 Å². The lowest BCUT2D eigenvalue weighted by Crippen LogP contribution is -2.21. The number of halogens is 3. The lowest BCUT2D eigenvalue weighted by Gasteiger charge is -2.08. The fourth-order valence-electron chi connectivity index (χ4n) is 1.65. The Kier molecular flexibility index (Phi) is 6.13. The van der Waals surface area contributed by atoms with Crippen LogP contribution in [0.25, 0.3) is 0 Å². The molecule has 0 atom stereocenters. The Hall–Kier alpha value is -2.42. The molecule has 0 spiro atoms. The van der Waals surface area contributed by atoms with Gasteiger partial charge in [0.2, 0.25) is 0 Å². The number of aromatic nitrogens is 1. The highest BCUT2D eigenvalue weighted by atomic mass is 35.5. The maximum absolute atomic E-state index is 11.9. The number of carbonyl (C=O) groups excluding carboxylic acids is 2. The minimum absolute atomic E-state index is 0.0550. The third kappa shape index (κ3) is 4.79. The van der Waals surface area contributed by atoms with Crippen molar-refractivity contribution in [3.63, 3.8) is 0 Å². The standard InChI is InChI=1S/C14H8Cl3N3O5/c15-9-5-18-13(12(17)11(9)16)14(22)25-6-10(21)19-7-1-3-8(4-2-7)20(23)24/h1-5H,6H2,(H,19,21). The topological polar surface area (TPSA) is 111 Å². The largest absolute Gasteiger partial charge is 0.451 e. The first-order valence-electron chi connectivity index (χ1n) is 6.50. The Labute approximate surface area is 155 Å². The monoisotopic (exact) mass is 403 g/mol. The summed E-state index contributed by atoms with van der Waals surface area (Å²) in [6.45, 7) is -0.617. The number of anilines is 1. The third-order valence-electron chi connectivity index (χ3n) is 2.81. The van der Waals surface area contributed by atoms with E-state index in [-0.39, 0.29) is 26.4 Å². The van der Waals surface area contributed by atoms with Crippen molar-refractivity contribution in [2.75, 3.05) is 11.9 Å². The molecular formula is C14H8Cl3N3O5. The molecule has 1 heterocycles. The van der Waals surface area contributed by atoms with E-state index in [0.29, 0.717) is 5.69 Å². The van der Waals surface area contributed by atoms with E-state index in [4.69, 9.17) is 39.5 Å². The molecule has 0 unspecified atom stereocenters. The SMILES string of the molecule is O=C(COC(=O)c1ncc(Cl)c(Cl)c1Cl)Nc1ccc([N+](=O)[O-])cc1. The minimum atomic E-state index is -0.956. The van der Waals surface area contributed by atoms with Gasteiger partial charge in [0, 0.05) is 24.0 Å². The van der Waals surface area contributed by atoms with Crippen LogP contribution >= 0.6 is 34.8 Å². The molecule has 1 aromatic heterocycles. The molecule has 0 saturated heterocycles. The van der Waals surface area contributed by atoms with Gasteiger partial charge in [-0.05, 0) is 12.1 Å². The van der Waals surface area contributed by atoms with Crippen molar-refractivity contribution in [2.45, 2.75) is 0 Å². The number of nitro benzene ring substituents is 1. The summed E-state index contributed by atoms with van der Waals surface area (Å²) in [6.07, 6.45) is 1.13. The van der Waals surface area contributed by atoms with Crippen molar-refractivity contribution in [1.29, 1.82) is 0 Å². The molecule has 0 saturated carbocycles. The molecule has 0 fully saturated rings. The van der Waals surface area contributed by atoms with Crippen molar-refractivity contribution < 1.29 is 19.2 Å². The first-order valence-corrected chi connectivity index (χ1v) is 7.64. The van der Waals surface area contributed by atoms with E-state index in [2.05, 4.69) is 10.3 Å². The maximum atomic E-state index is 11.9. The Balaban J connectivity index is 1.94. The molecular weight excluding hydrogens is 397 g/mol. The zero-order valence-corrected chi connectivity index (χ0v) is 14.4. The molecule has 1 aromatic carbocycles. The van der Waals surface area contributed by atoms with Gasteiger partial charge in [0.1, 0.15) is 0 Å². The van der Waals surface area contributed by atoms with Crippen LogP contribution in [0.15, 0.2) is 30.5 Å². The zero-order chi connectivity index (χ0) is 18.6. The molecule has 0 aliphatic heterocycles.